The summed E-state index contributed by atoms with van der Waals surface area (Å²) in [5, 5.41) is 0.471. The number of ether oxygens (including phenoxy) is 2. The monoisotopic (exact) mass is 660 g/mol. The third kappa shape index (κ3) is 6.30. The van der Waals surface area contributed by atoms with Crippen molar-refractivity contribution in [1.29, 1.82) is 0 Å². The van der Waals surface area contributed by atoms with E-state index in [1.807, 2.05) is 12.1 Å². The molecule has 0 N–H and O–H groups in total. The number of hydrogen-bond acceptors (Lipinski definition) is 6. The molecule has 3 amide bonds. The molecule has 0 spiro atoms. The second-order valence-electron chi connectivity index (χ2n) is 8.28. The van der Waals surface area contributed by atoms with Crippen molar-refractivity contribution in [2.45, 2.75) is 25.9 Å². The van der Waals surface area contributed by atoms with Gasteiger partial charge in [-0.15, -0.1) is 0 Å². The summed E-state index contributed by atoms with van der Waals surface area (Å²) in [6.45, 7) is 1.36. The van der Waals surface area contributed by atoms with Crippen LogP contribution in [0.25, 0.3) is 6.08 Å². The Labute approximate surface area is 237 Å². The van der Waals surface area contributed by atoms with Crippen LogP contribution >= 0.6 is 57.6 Å². The Hall–Kier alpha value is -1.95. The molecule has 2 heterocycles. The fourth-order valence-corrected chi connectivity index (χ4v) is 5.85. The van der Waals surface area contributed by atoms with Crippen LogP contribution in [-0.2, 0) is 16.2 Å². The quantitative estimate of drug-likeness (QED) is 0.259. The first-order valence-corrected chi connectivity index (χ1v) is 13.9. The molecule has 2 aromatic rings. The first kappa shape index (κ1) is 27.1. The normalized spacial score (nSPS) is 17.2. The summed E-state index contributed by atoms with van der Waals surface area (Å²) >= 11 is 15.0. The predicted octanol–water partition coefficient (Wildman–Crippen LogP) is 6.23. The van der Waals surface area contributed by atoms with Crippen molar-refractivity contribution in [3.63, 3.8) is 0 Å². The molecule has 0 aliphatic carbocycles. The molecule has 2 aromatic carbocycles. The topological polar surface area (TPSA) is 76.2 Å². The average Bonchev–Trinajstić information content (AvgIpc) is 3.12. The Morgan fingerprint density at radius 2 is 1.86 bits per heavy atom. The van der Waals surface area contributed by atoms with Gasteiger partial charge in [0.1, 0.15) is 13.2 Å². The number of hydrogen-bond donors (Lipinski definition) is 0. The van der Waals surface area contributed by atoms with Crippen LogP contribution in [0, 0.1) is 3.57 Å². The lowest BCUT2D eigenvalue weighted by atomic mass is 10.1. The Bertz CT molecular complexity index is 1230. The van der Waals surface area contributed by atoms with Gasteiger partial charge in [-0.3, -0.25) is 19.3 Å². The van der Waals surface area contributed by atoms with Gasteiger partial charge in [0.25, 0.3) is 11.1 Å². The molecule has 0 radical (unpaired) electrons. The lowest BCUT2D eigenvalue weighted by molar-refractivity contribution is -0.136. The largest absolute Gasteiger partial charge is 0.493 e. The van der Waals surface area contributed by atoms with Crippen molar-refractivity contribution in [3.05, 3.63) is 60.0 Å². The summed E-state index contributed by atoms with van der Waals surface area (Å²) in [7, 11) is 1.53. The minimum absolute atomic E-state index is 0.196. The van der Waals surface area contributed by atoms with Crippen molar-refractivity contribution in [2.75, 3.05) is 26.7 Å². The van der Waals surface area contributed by atoms with E-state index in [4.69, 9.17) is 32.7 Å². The van der Waals surface area contributed by atoms with E-state index in [1.165, 1.54) is 7.11 Å². The molecule has 11 heteroatoms. The lowest BCUT2D eigenvalue weighted by Gasteiger charge is -2.27. The summed E-state index contributed by atoms with van der Waals surface area (Å²) < 4.78 is 12.3. The standard InChI is InChI=1S/C25H23Cl2IN2O5S/c1-34-20-11-16(10-19(28)23(20)35-14-15-5-6-17(26)18(27)9-15)12-21-24(32)30(25(33)36-21)13-22(31)29-7-3-2-4-8-29/h5-6,9-12H,2-4,7-8,13-14H2,1H3/b21-12-. The third-order valence-corrected chi connectivity index (χ3v) is 8.24. The number of imide groups is 1. The molecule has 36 heavy (non-hydrogen) atoms. The number of nitrogens with zero attached hydrogens (tertiary/aromatic N) is 2. The zero-order valence-corrected chi connectivity index (χ0v) is 23.9. The van der Waals surface area contributed by atoms with E-state index in [2.05, 4.69) is 22.6 Å². The number of amides is 3. The number of likely N-dealkylation sites (tertiary alicyclic amines) is 1. The van der Waals surface area contributed by atoms with Crippen LogP contribution in [0.3, 0.4) is 0 Å². The molecule has 190 valence electrons. The van der Waals surface area contributed by atoms with Gasteiger partial charge in [-0.2, -0.15) is 0 Å². The summed E-state index contributed by atoms with van der Waals surface area (Å²) in [5.74, 6) is 0.358. The summed E-state index contributed by atoms with van der Waals surface area (Å²) in [5.41, 5.74) is 1.52. The Balaban J connectivity index is 1.48. The number of rotatable bonds is 7. The van der Waals surface area contributed by atoms with Gasteiger partial charge in [-0.05, 0) is 95.1 Å². The van der Waals surface area contributed by atoms with Crippen LogP contribution in [0.5, 0.6) is 11.5 Å². The zero-order valence-electron chi connectivity index (χ0n) is 19.4. The van der Waals surface area contributed by atoms with Gasteiger partial charge in [-0.1, -0.05) is 29.3 Å². The second-order valence-corrected chi connectivity index (χ2v) is 11.3. The maximum absolute atomic E-state index is 12.9. The fourth-order valence-electron chi connectivity index (χ4n) is 3.91. The average molecular weight is 661 g/mol. The molecular formula is C25H23Cl2IN2O5S. The highest BCUT2D eigenvalue weighted by molar-refractivity contribution is 14.1. The van der Waals surface area contributed by atoms with Gasteiger partial charge in [0, 0.05) is 13.1 Å². The number of carbonyl (C=O) groups is 3. The molecule has 0 aromatic heterocycles. The molecule has 4 rings (SSSR count). The van der Waals surface area contributed by atoms with Gasteiger partial charge < -0.3 is 14.4 Å². The molecule has 2 saturated heterocycles. The van der Waals surface area contributed by atoms with E-state index >= 15 is 0 Å². The highest BCUT2D eigenvalue weighted by Crippen LogP contribution is 2.38. The maximum Gasteiger partial charge on any atom is 0.294 e. The number of halogens is 3. The molecule has 7 nitrogen and oxygen atoms in total. The first-order valence-electron chi connectivity index (χ1n) is 11.2. The summed E-state index contributed by atoms with van der Waals surface area (Å²) in [6, 6.07) is 8.85. The fraction of sp³-hybridized carbons (Fsp3) is 0.320. The minimum atomic E-state index is -0.468. The molecular weight excluding hydrogens is 638 g/mol. The number of piperidine rings is 1. The lowest BCUT2D eigenvalue weighted by Crippen LogP contribution is -2.44. The number of carbonyl (C=O) groups excluding carboxylic acids is 3. The molecule has 0 atom stereocenters. The molecule has 0 unspecified atom stereocenters. The molecule has 2 aliphatic heterocycles. The van der Waals surface area contributed by atoms with E-state index < -0.39 is 11.1 Å². The van der Waals surface area contributed by atoms with Gasteiger partial charge in [0.2, 0.25) is 5.91 Å². The molecule has 2 fully saturated rings. The summed E-state index contributed by atoms with van der Waals surface area (Å²) in [4.78, 5) is 41.0. The van der Waals surface area contributed by atoms with E-state index in [-0.39, 0.29) is 24.0 Å². The van der Waals surface area contributed by atoms with Crippen LogP contribution in [0.15, 0.2) is 35.2 Å². The van der Waals surface area contributed by atoms with Gasteiger partial charge in [0.15, 0.2) is 11.5 Å². The van der Waals surface area contributed by atoms with Crippen LogP contribution in [0.2, 0.25) is 10.0 Å². The van der Waals surface area contributed by atoms with Gasteiger partial charge in [-0.25, -0.2) is 0 Å². The van der Waals surface area contributed by atoms with Gasteiger partial charge >= 0.3 is 0 Å². The third-order valence-electron chi connectivity index (χ3n) is 5.79. The smallest absolute Gasteiger partial charge is 0.294 e. The predicted molar refractivity (Wildman–Crippen MR) is 150 cm³/mol. The maximum atomic E-state index is 12.9. The van der Waals surface area contributed by atoms with Crippen LogP contribution in [-0.4, -0.2) is 53.6 Å². The molecule has 2 aliphatic rings. The summed E-state index contributed by atoms with van der Waals surface area (Å²) in [6.07, 6.45) is 4.61. The van der Waals surface area contributed by atoms with E-state index in [9.17, 15) is 14.4 Å². The highest BCUT2D eigenvalue weighted by atomic mass is 127. The Morgan fingerprint density at radius 3 is 2.56 bits per heavy atom. The van der Waals surface area contributed by atoms with Crippen molar-refractivity contribution in [2.24, 2.45) is 0 Å². The van der Waals surface area contributed by atoms with Crippen LogP contribution in [0.4, 0.5) is 4.79 Å². The van der Waals surface area contributed by atoms with Gasteiger partial charge in [0.05, 0.1) is 25.6 Å². The van der Waals surface area contributed by atoms with E-state index in [0.29, 0.717) is 40.2 Å². The Kier molecular flexibility index (Phi) is 9.08. The highest BCUT2D eigenvalue weighted by Gasteiger charge is 2.37. The van der Waals surface area contributed by atoms with Crippen molar-refractivity contribution in [3.8, 4) is 11.5 Å². The molecule has 0 saturated carbocycles. The SMILES string of the molecule is COc1cc(/C=C2\SC(=O)N(CC(=O)N3CCCCC3)C2=O)cc(I)c1OCc1ccc(Cl)c(Cl)c1. The Morgan fingerprint density at radius 1 is 1.11 bits per heavy atom. The van der Waals surface area contributed by atoms with Crippen molar-refractivity contribution < 1.29 is 23.9 Å². The van der Waals surface area contributed by atoms with Crippen molar-refractivity contribution >= 4 is 80.7 Å². The number of benzene rings is 2. The zero-order chi connectivity index (χ0) is 25.8. The van der Waals surface area contributed by atoms with Crippen molar-refractivity contribution in [1.82, 2.24) is 9.80 Å². The first-order chi connectivity index (χ1) is 17.3. The minimum Gasteiger partial charge on any atom is -0.493 e. The van der Waals surface area contributed by atoms with E-state index in [1.54, 1.807) is 29.2 Å². The number of methoxy groups -OCH3 is 1. The second kappa shape index (κ2) is 12.1. The van der Waals surface area contributed by atoms with Crippen LogP contribution in [0.1, 0.15) is 30.4 Å². The van der Waals surface area contributed by atoms with E-state index in [0.717, 1.165) is 45.1 Å². The van der Waals surface area contributed by atoms with Crippen LogP contribution < -0.4 is 9.47 Å². The number of thioether (sulfide) groups is 1. The molecule has 0 bridgehead atoms.